The lowest BCUT2D eigenvalue weighted by Gasteiger charge is -2.04. The quantitative estimate of drug-likeness (QED) is 0.794. The number of carbonyl (C=O) groups excluding carboxylic acids is 1. The summed E-state index contributed by atoms with van der Waals surface area (Å²) >= 11 is 0. The van der Waals surface area contributed by atoms with Crippen molar-refractivity contribution < 1.29 is 9.53 Å². The first-order valence-electron chi connectivity index (χ1n) is 4.66. The van der Waals surface area contributed by atoms with Crippen LogP contribution in [0.2, 0.25) is 0 Å². The molecule has 0 atom stereocenters. The fourth-order valence-electron chi connectivity index (χ4n) is 1.03. The fourth-order valence-corrected chi connectivity index (χ4v) is 1.03. The lowest BCUT2D eigenvalue weighted by Crippen LogP contribution is -2.18. The first-order chi connectivity index (χ1) is 6.72. The second-order valence-corrected chi connectivity index (χ2v) is 3.05. The minimum Gasteiger partial charge on any atom is -0.372 e. The van der Waals surface area contributed by atoms with Crippen LogP contribution in [0.1, 0.15) is 12.5 Å². The van der Waals surface area contributed by atoms with Gasteiger partial charge in [0, 0.05) is 12.3 Å². The highest BCUT2D eigenvalue weighted by Crippen LogP contribution is 2.07. The number of carbonyl (C=O) groups is 1. The van der Waals surface area contributed by atoms with Crippen molar-refractivity contribution >= 4 is 11.6 Å². The van der Waals surface area contributed by atoms with Crippen LogP contribution in [0.3, 0.4) is 0 Å². The number of hydrogen-bond donors (Lipinski definition) is 1. The zero-order chi connectivity index (χ0) is 10.4. The molecule has 1 N–H and O–H groups in total. The van der Waals surface area contributed by atoms with E-state index in [0.29, 0.717) is 6.61 Å². The van der Waals surface area contributed by atoms with E-state index in [9.17, 15) is 4.79 Å². The Kier molecular flexibility index (Phi) is 4.13. The minimum absolute atomic E-state index is 0.115. The molecule has 0 heterocycles. The van der Waals surface area contributed by atoms with Crippen LogP contribution in [0, 0.1) is 6.92 Å². The third-order valence-electron chi connectivity index (χ3n) is 1.77. The number of rotatable bonds is 4. The zero-order valence-corrected chi connectivity index (χ0v) is 8.54. The van der Waals surface area contributed by atoms with Gasteiger partial charge in [0.25, 0.3) is 0 Å². The molecule has 0 spiro atoms. The highest BCUT2D eigenvalue weighted by molar-refractivity contribution is 5.91. The van der Waals surface area contributed by atoms with Crippen molar-refractivity contribution in [3.8, 4) is 0 Å². The van der Waals surface area contributed by atoms with Crippen molar-refractivity contribution in [1.82, 2.24) is 0 Å². The van der Waals surface area contributed by atoms with Gasteiger partial charge in [-0.1, -0.05) is 17.7 Å². The molecule has 0 aromatic heterocycles. The Balaban J connectivity index is 2.44. The van der Waals surface area contributed by atoms with E-state index in [1.165, 1.54) is 5.56 Å². The van der Waals surface area contributed by atoms with Gasteiger partial charge >= 0.3 is 0 Å². The van der Waals surface area contributed by atoms with Crippen molar-refractivity contribution in [1.29, 1.82) is 0 Å². The first-order valence-corrected chi connectivity index (χ1v) is 4.66. The van der Waals surface area contributed by atoms with Crippen LogP contribution in [0.4, 0.5) is 5.69 Å². The summed E-state index contributed by atoms with van der Waals surface area (Å²) in [5.41, 5.74) is 1.98. The molecule has 3 heteroatoms. The predicted molar refractivity (Wildman–Crippen MR) is 56.3 cm³/mol. The topological polar surface area (TPSA) is 38.3 Å². The highest BCUT2D eigenvalue weighted by atomic mass is 16.5. The summed E-state index contributed by atoms with van der Waals surface area (Å²) < 4.78 is 4.98. The maximum atomic E-state index is 11.2. The Labute approximate surface area is 84.1 Å². The lowest BCUT2D eigenvalue weighted by atomic mass is 10.2. The summed E-state index contributed by atoms with van der Waals surface area (Å²) in [4.78, 5) is 11.2. The molecule has 0 aliphatic carbocycles. The molecule has 0 unspecified atom stereocenters. The van der Waals surface area contributed by atoms with Gasteiger partial charge in [-0.3, -0.25) is 4.79 Å². The average molecular weight is 193 g/mol. The molecule has 0 radical (unpaired) electrons. The maximum Gasteiger partial charge on any atom is 0.250 e. The van der Waals surface area contributed by atoms with Crippen LogP contribution in [0.25, 0.3) is 0 Å². The normalized spacial score (nSPS) is 9.86. The molecule has 0 aliphatic rings. The predicted octanol–water partition coefficient (Wildman–Crippen LogP) is 1.97. The van der Waals surface area contributed by atoms with Crippen LogP contribution < -0.4 is 5.32 Å². The molecular formula is C11H15NO2. The third-order valence-corrected chi connectivity index (χ3v) is 1.77. The minimum atomic E-state index is -0.115. The zero-order valence-electron chi connectivity index (χ0n) is 8.54. The number of ether oxygens (including phenoxy) is 1. The van der Waals surface area contributed by atoms with Gasteiger partial charge in [0.1, 0.15) is 6.61 Å². The Hall–Kier alpha value is -1.35. The fraction of sp³-hybridized carbons (Fsp3) is 0.364. The third kappa shape index (κ3) is 3.58. The Morgan fingerprint density at radius 2 is 2.00 bits per heavy atom. The van der Waals surface area contributed by atoms with E-state index >= 15 is 0 Å². The van der Waals surface area contributed by atoms with Crippen molar-refractivity contribution in [2.75, 3.05) is 18.5 Å². The van der Waals surface area contributed by atoms with Gasteiger partial charge < -0.3 is 10.1 Å². The van der Waals surface area contributed by atoms with Crippen molar-refractivity contribution in [2.24, 2.45) is 0 Å². The Bertz CT molecular complexity index is 293. The van der Waals surface area contributed by atoms with E-state index in [1.54, 1.807) is 0 Å². The monoisotopic (exact) mass is 193 g/mol. The second-order valence-electron chi connectivity index (χ2n) is 3.05. The summed E-state index contributed by atoms with van der Waals surface area (Å²) in [6, 6.07) is 7.66. The van der Waals surface area contributed by atoms with Crippen LogP contribution in [-0.2, 0) is 9.53 Å². The molecule has 0 bridgehead atoms. The molecule has 1 rings (SSSR count). The van der Waals surface area contributed by atoms with Gasteiger partial charge in [0.2, 0.25) is 5.91 Å². The Morgan fingerprint density at radius 3 is 2.57 bits per heavy atom. The number of nitrogens with one attached hydrogen (secondary N) is 1. The molecule has 1 aromatic rings. The van der Waals surface area contributed by atoms with Crippen molar-refractivity contribution in [3.05, 3.63) is 29.8 Å². The Morgan fingerprint density at radius 1 is 1.36 bits per heavy atom. The number of hydrogen-bond acceptors (Lipinski definition) is 2. The summed E-state index contributed by atoms with van der Waals surface area (Å²) in [7, 11) is 0. The van der Waals surface area contributed by atoms with Crippen LogP contribution >= 0.6 is 0 Å². The lowest BCUT2D eigenvalue weighted by molar-refractivity contribution is -0.120. The van der Waals surface area contributed by atoms with Gasteiger partial charge in [-0.2, -0.15) is 0 Å². The van der Waals surface area contributed by atoms with Gasteiger partial charge in [0.05, 0.1) is 0 Å². The SMILES string of the molecule is CCOCC(=O)Nc1ccc(C)cc1. The van der Waals surface area contributed by atoms with E-state index < -0.39 is 0 Å². The molecule has 0 aliphatic heterocycles. The van der Waals surface area contributed by atoms with E-state index in [1.807, 2.05) is 38.1 Å². The molecule has 14 heavy (non-hydrogen) atoms. The molecule has 3 nitrogen and oxygen atoms in total. The van der Waals surface area contributed by atoms with Crippen LogP contribution in [0.15, 0.2) is 24.3 Å². The van der Waals surface area contributed by atoms with E-state index in [-0.39, 0.29) is 12.5 Å². The molecule has 1 amide bonds. The largest absolute Gasteiger partial charge is 0.372 e. The standard InChI is InChI=1S/C11H15NO2/c1-3-14-8-11(13)12-10-6-4-9(2)5-7-10/h4-7H,3,8H2,1-2H3,(H,12,13). The average Bonchev–Trinajstić information content (AvgIpc) is 2.18. The highest BCUT2D eigenvalue weighted by Gasteiger charge is 2.00. The van der Waals surface area contributed by atoms with E-state index in [2.05, 4.69) is 5.32 Å². The molecule has 76 valence electrons. The summed E-state index contributed by atoms with van der Waals surface area (Å²) in [6.07, 6.45) is 0. The number of amides is 1. The molecule has 1 aromatic carbocycles. The second kappa shape index (κ2) is 5.40. The molecule has 0 saturated heterocycles. The summed E-state index contributed by atoms with van der Waals surface area (Å²) in [5.74, 6) is -0.115. The van der Waals surface area contributed by atoms with Gasteiger partial charge in [-0.25, -0.2) is 0 Å². The number of aryl methyl sites for hydroxylation is 1. The summed E-state index contributed by atoms with van der Waals surface area (Å²) in [6.45, 7) is 4.54. The molecule has 0 fully saturated rings. The summed E-state index contributed by atoms with van der Waals surface area (Å²) in [5, 5.41) is 2.74. The van der Waals surface area contributed by atoms with Crippen molar-refractivity contribution in [3.63, 3.8) is 0 Å². The van der Waals surface area contributed by atoms with Gasteiger partial charge in [-0.05, 0) is 26.0 Å². The van der Waals surface area contributed by atoms with Crippen LogP contribution in [-0.4, -0.2) is 19.1 Å². The van der Waals surface area contributed by atoms with Crippen molar-refractivity contribution in [2.45, 2.75) is 13.8 Å². The van der Waals surface area contributed by atoms with E-state index in [0.717, 1.165) is 5.69 Å². The number of anilines is 1. The number of benzene rings is 1. The molecular weight excluding hydrogens is 178 g/mol. The maximum absolute atomic E-state index is 11.2. The van der Waals surface area contributed by atoms with Gasteiger partial charge in [-0.15, -0.1) is 0 Å². The van der Waals surface area contributed by atoms with E-state index in [4.69, 9.17) is 4.74 Å². The van der Waals surface area contributed by atoms with Crippen LogP contribution in [0.5, 0.6) is 0 Å². The van der Waals surface area contributed by atoms with Gasteiger partial charge in [0.15, 0.2) is 0 Å². The smallest absolute Gasteiger partial charge is 0.250 e. The molecule has 0 saturated carbocycles. The first kappa shape index (κ1) is 10.7.